The van der Waals surface area contributed by atoms with Crippen LogP contribution in [0.2, 0.25) is 0 Å². The third-order valence-electron chi connectivity index (χ3n) is 7.55. The Hall–Kier alpha value is -1.15. The molecule has 9 atom stereocenters. The van der Waals surface area contributed by atoms with Crippen molar-refractivity contribution in [2.45, 2.75) is 159 Å². The maximum Gasteiger partial charge on any atom is 0.249 e. The van der Waals surface area contributed by atoms with Gasteiger partial charge in [0.2, 0.25) is 5.91 Å². The molecule has 1 aliphatic rings. The van der Waals surface area contributed by atoms with Gasteiger partial charge >= 0.3 is 0 Å². The van der Waals surface area contributed by atoms with E-state index >= 15 is 0 Å². The highest BCUT2D eigenvalue weighted by molar-refractivity contribution is 5.80. The standard InChI is InChI=1S/C30H57NO10/c1-3-5-7-9-11-12-14-16-18-23(34)29(39)31-21(25(35)22(33)17-15-13-10-8-6-4-2)20-40-30-28(38)27(37)26(36)24(19-32)41-30/h8,10,21-28,30,32-38H,3-7,9,11-20H2,1-2H3,(H,31,39)/b10-8+. The van der Waals surface area contributed by atoms with Crippen LogP contribution in [0.4, 0.5) is 0 Å². The number of rotatable bonds is 23. The van der Waals surface area contributed by atoms with Gasteiger partial charge in [-0.25, -0.2) is 0 Å². The van der Waals surface area contributed by atoms with E-state index in [1.807, 2.05) is 6.08 Å². The maximum atomic E-state index is 12.8. The zero-order chi connectivity index (χ0) is 30.6. The van der Waals surface area contributed by atoms with Crippen LogP contribution in [0.15, 0.2) is 12.2 Å². The van der Waals surface area contributed by atoms with Gasteiger partial charge in [0, 0.05) is 0 Å². The third-order valence-corrected chi connectivity index (χ3v) is 7.55. The van der Waals surface area contributed by atoms with E-state index in [4.69, 9.17) is 9.47 Å². The summed E-state index contributed by atoms with van der Waals surface area (Å²) in [6.07, 6.45) is 4.98. The van der Waals surface area contributed by atoms with Gasteiger partial charge in [0.25, 0.3) is 0 Å². The van der Waals surface area contributed by atoms with Crippen LogP contribution in [-0.4, -0.2) is 110 Å². The number of carbonyl (C=O) groups is 1. The van der Waals surface area contributed by atoms with Gasteiger partial charge in [-0.05, 0) is 32.1 Å². The minimum Gasteiger partial charge on any atom is -0.394 e. The lowest BCUT2D eigenvalue weighted by Gasteiger charge is -2.40. The van der Waals surface area contributed by atoms with Crippen LogP contribution in [0.5, 0.6) is 0 Å². The second kappa shape index (κ2) is 22.4. The van der Waals surface area contributed by atoms with Crippen LogP contribution < -0.4 is 5.32 Å². The molecule has 242 valence electrons. The van der Waals surface area contributed by atoms with Crippen molar-refractivity contribution in [1.82, 2.24) is 5.32 Å². The summed E-state index contributed by atoms with van der Waals surface area (Å²) in [4.78, 5) is 12.8. The van der Waals surface area contributed by atoms with Gasteiger partial charge in [0.1, 0.15) is 36.6 Å². The highest BCUT2D eigenvalue weighted by Gasteiger charge is 2.44. The van der Waals surface area contributed by atoms with Crippen molar-refractivity contribution in [3.63, 3.8) is 0 Å². The minimum absolute atomic E-state index is 0.254. The quantitative estimate of drug-likeness (QED) is 0.0637. The molecule has 0 saturated carbocycles. The number of ether oxygens (including phenoxy) is 2. The fraction of sp³-hybridized carbons (Fsp3) is 0.900. The number of amides is 1. The van der Waals surface area contributed by atoms with E-state index in [9.17, 15) is 40.5 Å². The number of hydrogen-bond acceptors (Lipinski definition) is 10. The van der Waals surface area contributed by atoms with E-state index in [1.165, 1.54) is 25.7 Å². The predicted molar refractivity (Wildman–Crippen MR) is 155 cm³/mol. The van der Waals surface area contributed by atoms with E-state index in [-0.39, 0.29) is 12.8 Å². The lowest BCUT2D eigenvalue weighted by Crippen LogP contribution is -2.60. The first-order chi connectivity index (χ1) is 19.7. The highest BCUT2D eigenvalue weighted by atomic mass is 16.7. The van der Waals surface area contributed by atoms with Gasteiger partial charge in [0.05, 0.1) is 25.4 Å². The van der Waals surface area contributed by atoms with Gasteiger partial charge in [-0.1, -0.05) is 83.8 Å². The van der Waals surface area contributed by atoms with Crippen molar-refractivity contribution < 1.29 is 50.0 Å². The van der Waals surface area contributed by atoms with Crippen LogP contribution in [0.1, 0.15) is 104 Å². The number of unbranched alkanes of at least 4 members (excludes halogenated alkanes) is 9. The summed E-state index contributed by atoms with van der Waals surface area (Å²) in [5, 5.41) is 74.2. The summed E-state index contributed by atoms with van der Waals surface area (Å²) in [5.41, 5.74) is 0. The van der Waals surface area contributed by atoms with Crippen molar-refractivity contribution in [3.05, 3.63) is 12.2 Å². The van der Waals surface area contributed by atoms with E-state index in [0.717, 1.165) is 38.5 Å². The Bertz CT molecular complexity index is 694. The zero-order valence-electron chi connectivity index (χ0n) is 25.0. The summed E-state index contributed by atoms with van der Waals surface area (Å²) in [5.74, 6) is -0.718. The fourth-order valence-corrected chi connectivity index (χ4v) is 4.80. The summed E-state index contributed by atoms with van der Waals surface area (Å²) >= 11 is 0. The second-order valence-electron chi connectivity index (χ2n) is 11.2. The van der Waals surface area contributed by atoms with Crippen molar-refractivity contribution in [2.24, 2.45) is 0 Å². The average molecular weight is 592 g/mol. The normalized spacial score (nSPS) is 26.1. The lowest BCUT2D eigenvalue weighted by atomic mass is 9.98. The zero-order valence-corrected chi connectivity index (χ0v) is 25.0. The van der Waals surface area contributed by atoms with Gasteiger partial charge in [0.15, 0.2) is 6.29 Å². The van der Waals surface area contributed by atoms with Crippen molar-refractivity contribution in [3.8, 4) is 0 Å². The Labute approximate surface area is 245 Å². The topological polar surface area (TPSA) is 189 Å². The lowest BCUT2D eigenvalue weighted by molar-refractivity contribution is -0.303. The van der Waals surface area contributed by atoms with Crippen LogP contribution >= 0.6 is 0 Å². The van der Waals surface area contributed by atoms with Crippen LogP contribution in [-0.2, 0) is 14.3 Å². The fourth-order valence-electron chi connectivity index (χ4n) is 4.80. The monoisotopic (exact) mass is 591 g/mol. The van der Waals surface area contributed by atoms with E-state index in [2.05, 4.69) is 25.2 Å². The Morgan fingerprint density at radius 3 is 2.10 bits per heavy atom. The first-order valence-electron chi connectivity index (χ1n) is 15.6. The Kier molecular flexibility index (Phi) is 20.7. The SMILES string of the molecule is CCC/C=C/CCCC(O)C(O)C(COC1OC(CO)C(O)C(O)C1O)NC(=O)C(O)CCCCCCCCCC. The number of allylic oxidation sites excluding steroid dienone is 2. The Balaban J connectivity index is 2.72. The molecule has 0 bridgehead atoms. The molecule has 1 rings (SSSR count). The molecule has 41 heavy (non-hydrogen) atoms. The highest BCUT2D eigenvalue weighted by Crippen LogP contribution is 2.23. The molecule has 11 heteroatoms. The summed E-state index contributed by atoms with van der Waals surface area (Å²) < 4.78 is 10.9. The van der Waals surface area contributed by atoms with Gasteiger partial charge < -0.3 is 50.5 Å². The molecule has 0 aromatic carbocycles. The molecule has 8 N–H and O–H groups in total. The van der Waals surface area contributed by atoms with E-state index in [1.54, 1.807) is 0 Å². The first kappa shape index (κ1) is 37.9. The van der Waals surface area contributed by atoms with Crippen molar-refractivity contribution >= 4 is 5.91 Å². The van der Waals surface area contributed by atoms with Crippen LogP contribution in [0, 0.1) is 0 Å². The predicted octanol–water partition coefficient (Wildman–Crippen LogP) is 1.43. The van der Waals surface area contributed by atoms with Gasteiger partial charge in [-0.2, -0.15) is 0 Å². The van der Waals surface area contributed by atoms with Gasteiger partial charge in [-0.3, -0.25) is 4.79 Å². The molecule has 0 aliphatic carbocycles. The number of nitrogens with one attached hydrogen (secondary N) is 1. The third kappa shape index (κ3) is 14.7. The molecule has 0 aromatic rings. The molecular formula is C30H57NO10. The molecule has 1 fully saturated rings. The minimum atomic E-state index is -1.66. The molecule has 0 aromatic heterocycles. The number of hydrogen-bond donors (Lipinski definition) is 8. The Morgan fingerprint density at radius 1 is 0.829 bits per heavy atom. The van der Waals surface area contributed by atoms with Crippen molar-refractivity contribution in [2.75, 3.05) is 13.2 Å². The second-order valence-corrected chi connectivity index (χ2v) is 11.2. The number of aliphatic hydroxyl groups excluding tert-OH is 7. The van der Waals surface area contributed by atoms with E-state index < -0.39 is 74.2 Å². The molecule has 0 radical (unpaired) electrons. The maximum absolute atomic E-state index is 12.8. The molecule has 1 heterocycles. The molecule has 11 nitrogen and oxygen atoms in total. The molecule has 1 amide bonds. The van der Waals surface area contributed by atoms with E-state index in [0.29, 0.717) is 12.8 Å². The summed E-state index contributed by atoms with van der Waals surface area (Å²) in [6, 6.07) is -1.17. The van der Waals surface area contributed by atoms with Crippen LogP contribution in [0.25, 0.3) is 0 Å². The first-order valence-corrected chi connectivity index (χ1v) is 15.6. The largest absolute Gasteiger partial charge is 0.394 e. The number of carbonyl (C=O) groups excluding carboxylic acids is 1. The van der Waals surface area contributed by atoms with Crippen LogP contribution in [0.3, 0.4) is 0 Å². The Morgan fingerprint density at radius 2 is 1.46 bits per heavy atom. The molecule has 0 spiro atoms. The number of aliphatic hydroxyl groups is 7. The smallest absolute Gasteiger partial charge is 0.249 e. The molecule has 1 aliphatic heterocycles. The van der Waals surface area contributed by atoms with Crippen molar-refractivity contribution in [1.29, 1.82) is 0 Å². The average Bonchev–Trinajstić information content (AvgIpc) is 2.97. The molecular weight excluding hydrogens is 534 g/mol. The summed E-state index contributed by atoms with van der Waals surface area (Å²) in [7, 11) is 0. The molecule has 1 saturated heterocycles. The summed E-state index contributed by atoms with van der Waals surface area (Å²) in [6.45, 7) is 3.18. The molecule has 9 unspecified atom stereocenters. The van der Waals surface area contributed by atoms with Gasteiger partial charge in [-0.15, -0.1) is 0 Å².